The Hall–Kier alpha value is -2.64. The number of amides is 1. The highest BCUT2D eigenvalue weighted by Crippen LogP contribution is 2.28. The van der Waals surface area contributed by atoms with Gasteiger partial charge in [0, 0.05) is 31.3 Å². The molecule has 0 aromatic heterocycles. The van der Waals surface area contributed by atoms with Crippen molar-refractivity contribution in [2.45, 2.75) is 18.9 Å². The highest BCUT2D eigenvalue weighted by molar-refractivity contribution is 6.01. The van der Waals surface area contributed by atoms with Crippen molar-refractivity contribution in [2.75, 3.05) is 20.2 Å². The van der Waals surface area contributed by atoms with Crippen molar-refractivity contribution in [2.24, 2.45) is 0 Å². The van der Waals surface area contributed by atoms with Gasteiger partial charge >= 0.3 is 0 Å². The molecule has 0 radical (unpaired) electrons. The van der Waals surface area contributed by atoms with E-state index < -0.39 is 0 Å². The van der Waals surface area contributed by atoms with Crippen LogP contribution in [-0.4, -0.2) is 37.1 Å². The number of rotatable bonds is 3. The fraction of sp³-hybridized carbons (Fsp3) is 0.300. The molecule has 1 fully saturated rings. The van der Waals surface area contributed by atoms with Crippen LogP contribution >= 0.6 is 0 Å². The first-order valence-corrected chi connectivity index (χ1v) is 8.15. The summed E-state index contributed by atoms with van der Waals surface area (Å²) in [5.41, 5.74) is 2.84. The summed E-state index contributed by atoms with van der Waals surface area (Å²) in [5, 5.41) is 9.36. The maximum absolute atomic E-state index is 13.0. The van der Waals surface area contributed by atoms with Crippen LogP contribution in [0.15, 0.2) is 48.5 Å². The standard InChI is InChI=1S/C20H20N2O2/c1-24-16-10-12-22(13-11-16)20(23)19-9-5-4-8-18(19)17-7-3-2-6-15(17)14-21/h2-9,16H,10-13H2,1H3. The highest BCUT2D eigenvalue weighted by atomic mass is 16.5. The zero-order valence-corrected chi connectivity index (χ0v) is 13.7. The van der Waals surface area contributed by atoms with E-state index in [4.69, 9.17) is 4.74 Å². The van der Waals surface area contributed by atoms with Crippen molar-refractivity contribution in [3.8, 4) is 17.2 Å². The van der Waals surface area contributed by atoms with Crippen LogP contribution in [0.2, 0.25) is 0 Å². The molecule has 0 aliphatic carbocycles. The molecule has 4 nitrogen and oxygen atoms in total. The monoisotopic (exact) mass is 320 g/mol. The molecule has 1 aliphatic heterocycles. The Balaban J connectivity index is 1.93. The van der Waals surface area contributed by atoms with Crippen LogP contribution in [0.5, 0.6) is 0 Å². The third-order valence-electron chi connectivity index (χ3n) is 4.56. The first-order valence-electron chi connectivity index (χ1n) is 8.15. The average molecular weight is 320 g/mol. The van der Waals surface area contributed by atoms with Gasteiger partial charge in [-0.1, -0.05) is 36.4 Å². The molecular weight excluding hydrogens is 300 g/mol. The van der Waals surface area contributed by atoms with Gasteiger partial charge in [-0.2, -0.15) is 5.26 Å². The van der Waals surface area contributed by atoms with Gasteiger partial charge in [0.05, 0.1) is 17.7 Å². The number of piperidine rings is 1. The summed E-state index contributed by atoms with van der Waals surface area (Å²) in [5.74, 6) is 0.0212. The molecule has 0 atom stereocenters. The Bertz CT molecular complexity index is 771. The summed E-state index contributed by atoms with van der Waals surface area (Å²) in [4.78, 5) is 14.9. The molecule has 0 unspecified atom stereocenters. The van der Waals surface area contributed by atoms with Gasteiger partial charge in [0.1, 0.15) is 0 Å². The van der Waals surface area contributed by atoms with Crippen LogP contribution in [-0.2, 0) is 4.74 Å². The third kappa shape index (κ3) is 3.17. The quantitative estimate of drug-likeness (QED) is 0.870. The fourth-order valence-electron chi connectivity index (χ4n) is 3.18. The Morgan fingerprint density at radius 1 is 1.08 bits per heavy atom. The molecule has 2 aromatic carbocycles. The molecule has 0 bridgehead atoms. The molecule has 2 aromatic rings. The number of nitrogens with zero attached hydrogens (tertiary/aromatic N) is 2. The summed E-state index contributed by atoms with van der Waals surface area (Å²) in [6, 6.07) is 17.1. The number of benzene rings is 2. The maximum atomic E-state index is 13.0. The van der Waals surface area contributed by atoms with Gasteiger partial charge in [-0.25, -0.2) is 0 Å². The minimum atomic E-state index is 0.0212. The first kappa shape index (κ1) is 16.2. The van der Waals surface area contributed by atoms with E-state index in [1.54, 1.807) is 13.2 Å². The van der Waals surface area contributed by atoms with E-state index in [9.17, 15) is 10.1 Å². The van der Waals surface area contributed by atoms with Crippen LogP contribution in [0.1, 0.15) is 28.8 Å². The molecule has 1 aliphatic rings. The van der Waals surface area contributed by atoms with E-state index >= 15 is 0 Å². The molecule has 122 valence electrons. The van der Waals surface area contributed by atoms with E-state index in [1.165, 1.54) is 0 Å². The topological polar surface area (TPSA) is 53.3 Å². The van der Waals surface area contributed by atoms with Gasteiger partial charge in [0.25, 0.3) is 5.91 Å². The van der Waals surface area contributed by atoms with Crippen molar-refractivity contribution in [3.63, 3.8) is 0 Å². The van der Waals surface area contributed by atoms with Gasteiger partial charge < -0.3 is 9.64 Å². The molecule has 1 amide bonds. The number of ether oxygens (including phenoxy) is 1. The first-order chi connectivity index (χ1) is 11.7. The van der Waals surface area contributed by atoms with Gasteiger partial charge in [0.15, 0.2) is 0 Å². The van der Waals surface area contributed by atoms with E-state index in [-0.39, 0.29) is 12.0 Å². The summed E-state index contributed by atoms with van der Waals surface area (Å²) in [6.07, 6.45) is 1.96. The maximum Gasteiger partial charge on any atom is 0.254 e. The molecule has 4 heteroatoms. The summed E-state index contributed by atoms with van der Waals surface area (Å²) in [6.45, 7) is 1.40. The lowest BCUT2D eigenvalue weighted by molar-refractivity contribution is 0.0351. The zero-order chi connectivity index (χ0) is 16.9. The van der Waals surface area contributed by atoms with Crippen molar-refractivity contribution in [1.82, 2.24) is 4.90 Å². The molecule has 24 heavy (non-hydrogen) atoms. The lowest BCUT2D eigenvalue weighted by Gasteiger charge is -2.31. The van der Waals surface area contributed by atoms with Gasteiger partial charge in [-0.3, -0.25) is 4.79 Å². The minimum Gasteiger partial charge on any atom is -0.381 e. The minimum absolute atomic E-state index is 0.0212. The van der Waals surface area contributed by atoms with Gasteiger partial charge in [-0.15, -0.1) is 0 Å². The third-order valence-corrected chi connectivity index (χ3v) is 4.56. The largest absolute Gasteiger partial charge is 0.381 e. The predicted molar refractivity (Wildman–Crippen MR) is 92.5 cm³/mol. The Morgan fingerprint density at radius 2 is 1.71 bits per heavy atom. The van der Waals surface area contributed by atoms with Crippen molar-refractivity contribution in [1.29, 1.82) is 5.26 Å². The van der Waals surface area contributed by atoms with Gasteiger partial charge in [-0.05, 0) is 30.5 Å². The number of nitriles is 1. The van der Waals surface area contributed by atoms with E-state index in [1.807, 2.05) is 47.4 Å². The molecule has 0 N–H and O–H groups in total. The summed E-state index contributed by atoms with van der Waals surface area (Å²) < 4.78 is 5.37. The van der Waals surface area contributed by atoms with Crippen LogP contribution in [0.4, 0.5) is 0 Å². The predicted octanol–water partition coefficient (Wildman–Crippen LogP) is 3.48. The van der Waals surface area contributed by atoms with E-state index in [2.05, 4.69) is 6.07 Å². The lowest BCUT2D eigenvalue weighted by atomic mass is 9.94. The Kier molecular flexibility index (Phi) is 4.93. The molecule has 3 rings (SSSR count). The number of methoxy groups -OCH3 is 1. The number of carbonyl (C=O) groups excluding carboxylic acids is 1. The SMILES string of the molecule is COC1CCN(C(=O)c2ccccc2-c2ccccc2C#N)CC1. The molecule has 0 spiro atoms. The van der Waals surface area contributed by atoms with Crippen LogP contribution in [0.3, 0.4) is 0 Å². The normalized spacial score (nSPS) is 15.1. The van der Waals surface area contributed by atoms with Crippen molar-refractivity contribution in [3.05, 3.63) is 59.7 Å². The number of hydrogen-bond acceptors (Lipinski definition) is 3. The average Bonchev–Trinajstić information content (AvgIpc) is 2.67. The van der Waals surface area contributed by atoms with E-state index in [0.717, 1.165) is 24.0 Å². The van der Waals surface area contributed by atoms with Crippen LogP contribution in [0, 0.1) is 11.3 Å². The van der Waals surface area contributed by atoms with Crippen molar-refractivity contribution >= 4 is 5.91 Å². The van der Waals surface area contributed by atoms with Gasteiger partial charge in [0.2, 0.25) is 0 Å². The second-order valence-electron chi connectivity index (χ2n) is 5.93. The van der Waals surface area contributed by atoms with Crippen LogP contribution in [0.25, 0.3) is 11.1 Å². The second-order valence-corrected chi connectivity index (χ2v) is 5.93. The second kappa shape index (κ2) is 7.29. The fourth-order valence-corrected chi connectivity index (χ4v) is 3.18. The summed E-state index contributed by atoms with van der Waals surface area (Å²) in [7, 11) is 1.72. The molecule has 1 saturated heterocycles. The molecule has 1 heterocycles. The highest BCUT2D eigenvalue weighted by Gasteiger charge is 2.25. The van der Waals surface area contributed by atoms with Crippen LogP contribution < -0.4 is 0 Å². The smallest absolute Gasteiger partial charge is 0.254 e. The Morgan fingerprint density at radius 3 is 2.38 bits per heavy atom. The Labute approximate surface area is 142 Å². The van der Waals surface area contributed by atoms with Crippen molar-refractivity contribution < 1.29 is 9.53 Å². The number of likely N-dealkylation sites (tertiary alicyclic amines) is 1. The molecule has 0 saturated carbocycles. The number of carbonyl (C=O) groups is 1. The number of hydrogen-bond donors (Lipinski definition) is 0. The molecular formula is C20H20N2O2. The lowest BCUT2D eigenvalue weighted by Crippen LogP contribution is -2.40. The van der Waals surface area contributed by atoms with E-state index in [0.29, 0.717) is 24.2 Å². The summed E-state index contributed by atoms with van der Waals surface area (Å²) >= 11 is 0. The zero-order valence-electron chi connectivity index (χ0n) is 13.7.